The number of rotatable bonds is 2. The normalized spacial score (nSPS) is 11.5. The summed E-state index contributed by atoms with van der Waals surface area (Å²) in [6.45, 7) is 3.72. The van der Waals surface area contributed by atoms with Crippen molar-refractivity contribution in [1.82, 2.24) is 29.8 Å². The van der Waals surface area contributed by atoms with Crippen LogP contribution in [0.15, 0.2) is 47.4 Å². The van der Waals surface area contributed by atoms with E-state index in [-0.39, 0.29) is 5.43 Å². The highest BCUT2D eigenvalue weighted by Crippen LogP contribution is 2.25. The zero-order chi connectivity index (χ0) is 18.5. The predicted octanol–water partition coefficient (Wildman–Crippen LogP) is 3.37. The van der Waals surface area contributed by atoms with Gasteiger partial charge in [0.05, 0.1) is 5.69 Å². The lowest BCUT2D eigenvalue weighted by Crippen LogP contribution is -2.09. The Hall–Kier alpha value is -3.39. The number of hydrogen-bond acceptors (Lipinski definition) is 6. The molecule has 1 N–H and O–H groups in total. The highest BCUT2D eigenvalue weighted by Gasteiger charge is 2.15. The number of benzene rings is 1. The van der Waals surface area contributed by atoms with E-state index in [9.17, 15) is 4.79 Å². The molecule has 4 heterocycles. The van der Waals surface area contributed by atoms with Crippen LogP contribution in [-0.4, -0.2) is 29.8 Å². The summed E-state index contributed by atoms with van der Waals surface area (Å²) in [6.07, 6.45) is 1.88. The van der Waals surface area contributed by atoms with Gasteiger partial charge in [-0.05, 0) is 38.1 Å². The second-order valence-corrected chi connectivity index (χ2v) is 7.46. The molecule has 4 aromatic heterocycles. The molecule has 0 radical (unpaired) electrons. The molecule has 0 amide bonds. The molecule has 0 fully saturated rings. The number of aryl methyl sites for hydroxylation is 1. The van der Waals surface area contributed by atoms with Gasteiger partial charge in [-0.2, -0.15) is 0 Å². The standard InChI is InChI=1S/C19H14N6OS/c1-10-16(20-14-6-4-3-5-13(14)17(10)26)18-21-15-8-7-12(9-25(15)24-18)19-23-22-11(2)27-19/h3-9H,1-2H3,(H,20,26). The van der Waals surface area contributed by atoms with E-state index < -0.39 is 0 Å². The Labute approximate surface area is 157 Å². The van der Waals surface area contributed by atoms with Crippen molar-refractivity contribution in [2.45, 2.75) is 13.8 Å². The minimum Gasteiger partial charge on any atom is -0.351 e. The minimum atomic E-state index is -0.0109. The van der Waals surface area contributed by atoms with E-state index in [2.05, 4.69) is 25.3 Å². The molecule has 0 bridgehead atoms. The Morgan fingerprint density at radius 1 is 1.07 bits per heavy atom. The second kappa shape index (κ2) is 5.82. The molecule has 7 nitrogen and oxygen atoms in total. The molecule has 5 rings (SSSR count). The topological polar surface area (TPSA) is 88.8 Å². The maximum atomic E-state index is 12.7. The number of aromatic amines is 1. The van der Waals surface area contributed by atoms with E-state index in [4.69, 9.17) is 0 Å². The third-order valence-electron chi connectivity index (χ3n) is 4.47. The van der Waals surface area contributed by atoms with Crippen LogP contribution in [0.2, 0.25) is 0 Å². The zero-order valence-electron chi connectivity index (χ0n) is 14.6. The van der Waals surface area contributed by atoms with E-state index in [0.29, 0.717) is 28.1 Å². The monoisotopic (exact) mass is 374 g/mol. The van der Waals surface area contributed by atoms with E-state index in [0.717, 1.165) is 21.1 Å². The average Bonchev–Trinajstić information content (AvgIpc) is 3.30. The number of nitrogens with one attached hydrogen (secondary N) is 1. The quantitative estimate of drug-likeness (QED) is 0.512. The molecule has 0 atom stereocenters. The van der Waals surface area contributed by atoms with Crippen LogP contribution in [0.25, 0.3) is 38.6 Å². The number of hydrogen-bond donors (Lipinski definition) is 1. The Balaban J connectivity index is 1.69. The van der Waals surface area contributed by atoms with Gasteiger partial charge in [0.25, 0.3) is 0 Å². The first-order valence-corrected chi connectivity index (χ1v) is 9.21. The summed E-state index contributed by atoms with van der Waals surface area (Å²) in [4.78, 5) is 20.6. The third kappa shape index (κ3) is 2.53. The molecule has 0 aliphatic rings. The van der Waals surface area contributed by atoms with Crippen LogP contribution in [0.4, 0.5) is 0 Å². The Morgan fingerprint density at radius 3 is 2.74 bits per heavy atom. The van der Waals surface area contributed by atoms with Crippen LogP contribution >= 0.6 is 11.3 Å². The fourth-order valence-corrected chi connectivity index (χ4v) is 3.77. The van der Waals surface area contributed by atoms with Crippen molar-refractivity contribution in [3.05, 3.63) is 63.4 Å². The van der Waals surface area contributed by atoms with Gasteiger partial charge in [-0.15, -0.1) is 15.3 Å². The van der Waals surface area contributed by atoms with Crippen molar-refractivity contribution in [3.8, 4) is 22.1 Å². The van der Waals surface area contributed by atoms with Crippen LogP contribution in [0, 0.1) is 13.8 Å². The summed E-state index contributed by atoms with van der Waals surface area (Å²) < 4.78 is 1.70. The van der Waals surface area contributed by atoms with Crippen LogP contribution in [0.1, 0.15) is 10.6 Å². The van der Waals surface area contributed by atoms with Crippen LogP contribution in [0.5, 0.6) is 0 Å². The van der Waals surface area contributed by atoms with Crippen molar-refractivity contribution in [2.24, 2.45) is 0 Å². The summed E-state index contributed by atoms with van der Waals surface area (Å²) >= 11 is 1.53. The Kier molecular flexibility index (Phi) is 3.41. The van der Waals surface area contributed by atoms with Crippen molar-refractivity contribution < 1.29 is 0 Å². The first kappa shape index (κ1) is 15.8. The molecule has 0 saturated carbocycles. The fourth-order valence-electron chi connectivity index (χ4n) is 3.09. The number of para-hydroxylation sites is 1. The highest BCUT2D eigenvalue weighted by atomic mass is 32.1. The lowest BCUT2D eigenvalue weighted by atomic mass is 10.1. The van der Waals surface area contributed by atoms with Gasteiger partial charge in [-0.1, -0.05) is 23.5 Å². The minimum absolute atomic E-state index is 0.0109. The number of fused-ring (bicyclic) bond motifs is 2. The second-order valence-electron chi connectivity index (χ2n) is 6.28. The van der Waals surface area contributed by atoms with Gasteiger partial charge in [0.2, 0.25) is 0 Å². The maximum absolute atomic E-state index is 12.7. The van der Waals surface area contributed by atoms with E-state index in [1.54, 1.807) is 11.4 Å². The van der Waals surface area contributed by atoms with E-state index in [1.165, 1.54) is 11.3 Å². The largest absolute Gasteiger partial charge is 0.351 e. The first-order valence-electron chi connectivity index (χ1n) is 8.39. The van der Waals surface area contributed by atoms with Gasteiger partial charge in [0, 0.05) is 28.2 Å². The van der Waals surface area contributed by atoms with E-state index in [1.807, 2.05) is 49.5 Å². The van der Waals surface area contributed by atoms with Gasteiger partial charge >= 0.3 is 0 Å². The molecule has 132 valence electrons. The molecular weight excluding hydrogens is 360 g/mol. The van der Waals surface area contributed by atoms with Crippen molar-refractivity contribution >= 4 is 27.9 Å². The van der Waals surface area contributed by atoms with Gasteiger partial charge in [0.1, 0.15) is 10.0 Å². The van der Waals surface area contributed by atoms with Crippen molar-refractivity contribution in [2.75, 3.05) is 0 Å². The van der Waals surface area contributed by atoms with Gasteiger partial charge in [-0.3, -0.25) is 4.79 Å². The summed E-state index contributed by atoms with van der Waals surface area (Å²) in [7, 11) is 0. The number of pyridine rings is 2. The van der Waals surface area contributed by atoms with Gasteiger partial charge in [-0.25, -0.2) is 9.50 Å². The maximum Gasteiger partial charge on any atom is 0.198 e. The summed E-state index contributed by atoms with van der Waals surface area (Å²) in [6, 6.07) is 11.3. The molecule has 8 heteroatoms. The molecule has 0 unspecified atom stereocenters. The Morgan fingerprint density at radius 2 is 1.93 bits per heavy atom. The third-order valence-corrected chi connectivity index (χ3v) is 5.36. The number of aromatic nitrogens is 6. The van der Waals surface area contributed by atoms with Crippen molar-refractivity contribution in [1.29, 1.82) is 0 Å². The average molecular weight is 374 g/mol. The van der Waals surface area contributed by atoms with Gasteiger partial charge in [0.15, 0.2) is 16.9 Å². The fraction of sp³-hybridized carbons (Fsp3) is 0.105. The molecular formula is C19H14N6OS. The SMILES string of the molecule is Cc1nnc(-c2ccc3nc(-c4[nH]c5ccccc5c(=O)c4C)nn3c2)s1. The van der Waals surface area contributed by atoms with Crippen LogP contribution < -0.4 is 5.43 Å². The number of nitrogens with zero attached hydrogens (tertiary/aromatic N) is 5. The van der Waals surface area contributed by atoms with E-state index >= 15 is 0 Å². The lowest BCUT2D eigenvalue weighted by Gasteiger charge is -2.04. The Bertz CT molecular complexity index is 1380. The smallest absolute Gasteiger partial charge is 0.198 e. The number of H-pyrrole nitrogens is 1. The molecule has 0 saturated heterocycles. The molecule has 5 aromatic rings. The first-order chi connectivity index (χ1) is 13.1. The molecule has 27 heavy (non-hydrogen) atoms. The molecule has 0 aliphatic heterocycles. The molecule has 0 aliphatic carbocycles. The summed E-state index contributed by atoms with van der Waals surface area (Å²) in [5, 5.41) is 15.2. The summed E-state index contributed by atoms with van der Waals surface area (Å²) in [5.41, 5.74) is 3.62. The molecule has 1 aromatic carbocycles. The molecule has 0 spiro atoms. The summed E-state index contributed by atoms with van der Waals surface area (Å²) in [5.74, 6) is 0.487. The lowest BCUT2D eigenvalue weighted by molar-refractivity contribution is 0.960. The van der Waals surface area contributed by atoms with Crippen LogP contribution in [0.3, 0.4) is 0 Å². The predicted molar refractivity (Wildman–Crippen MR) is 105 cm³/mol. The van der Waals surface area contributed by atoms with Crippen molar-refractivity contribution in [3.63, 3.8) is 0 Å². The van der Waals surface area contributed by atoms with Crippen LogP contribution in [-0.2, 0) is 0 Å². The van der Waals surface area contributed by atoms with Gasteiger partial charge < -0.3 is 4.98 Å². The zero-order valence-corrected chi connectivity index (χ0v) is 15.4. The highest BCUT2D eigenvalue weighted by molar-refractivity contribution is 7.14.